The number of hydrogen-bond donors (Lipinski definition) is 1. The molecule has 106 valence electrons. The first-order valence-electron chi connectivity index (χ1n) is 6.41. The molecule has 0 saturated carbocycles. The van der Waals surface area contributed by atoms with Crippen LogP contribution >= 0.6 is 0 Å². The van der Waals surface area contributed by atoms with E-state index in [1.807, 2.05) is 6.92 Å². The molecule has 2 fully saturated rings. The summed E-state index contributed by atoms with van der Waals surface area (Å²) in [5.41, 5.74) is -2.33. The van der Waals surface area contributed by atoms with Gasteiger partial charge < -0.3 is 19.7 Å². The molecule has 0 aromatic rings. The van der Waals surface area contributed by atoms with Gasteiger partial charge in [-0.3, -0.25) is 9.59 Å². The SMILES string of the molecule is C=CCNC(=O)[C@]12O[C@](C)(C[C@H]1OCC)N(C)C2=O. The Morgan fingerprint density at radius 3 is 2.95 bits per heavy atom. The fourth-order valence-corrected chi connectivity index (χ4v) is 2.76. The largest absolute Gasteiger partial charge is 0.374 e. The van der Waals surface area contributed by atoms with Gasteiger partial charge in [0.1, 0.15) is 11.8 Å². The van der Waals surface area contributed by atoms with Crippen LogP contribution < -0.4 is 5.32 Å². The van der Waals surface area contributed by atoms with E-state index in [1.54, 1.807) is 20.0 Å². The maximum atomic E-state index is 12.4. The van der Waals surface area contributed by atoms with Crippen LogP contribution in [0.4, 0.5) is 0 Å². The van der Waals surface area contributed by atoms with E-state index in [9.17, 15) is 9.59 Å². The Bertz CT molecular complexity index is 425. The number of hydrogen-bond acceptors (Lipinski definition) is 4. The molecule has 2 aliphatic rings. The lowest BCUT2D eigenvalue weighted by molar-refractivity contribution is -0.161. The van der Waals surface area contributed by atoms with E-state index >= 15 is 0 Å². The molecule has 1 N–H and O–H groups in total. The van der Waals surface area contributed by atoms with Crippen molar-refractivity contribution < 1.29 is 19.1 Å². The molecule has 2 saturated heterocycles. The smallest absolute Gasteiger partial charge is 0.269 e. The van der Waals surface area contributed by atoms with E-state index in [2.05, 4.69) is 11.9 Å². The fraction of sp³-hybridized carbons (Fsp3) is 0.692. The summed E-state index contributed by atoms with van der Waals surface area (Å²) < 4.78 is 11.4. The highest BCUT2D eigenvalue weighted by Crippen LogP contribution is 2.49. The van der Waals surface area contributed by atoms with Crippen LogP contribution in [0.1, 0.15) is 20.3 Å². The minimum Gasteiger partial charge on any atom is -0.374 e. The van der Waals surface area contributed by atoms with Crippen molar-refractivity contribution in [3.05, 3.63) is 12.7 Å². The van der Waals surface area contributed by atoms with Gasteiger partial charge in [0.25, 0.3) is 17.4 Å². The van der Waals surface area contributed by atoms with Crippen molar-refractivity contribution in [2.75, 3.05) is 20.2 Å². The maximum absolute atomic E-state index is 12.4. The Kier molecular flexibility index (Phi) is 3.40. The number of rotatable bonds is 5. The number of likely N-dealkylation sites (tertiary alicyclic amines) is 1. The minimum atomic E-state index is -1.55. The van der Waals surface area contributed by atoms with Crippen LogP contribution in [0.3, 0.4) is 0 Å². The lowest BCUT2D eigenvalue weighted by Crippen LogP contribution is -2.62. The van der Waals surface area contributed by atoms with E-state index in [4.69, 9.17) is 9.47 Å². The van der Waals surface area contributed by atoms with Gasteiger partial charge in [-0.05, 0) is 13.8 Å². The summed E-state index contributed by atoms with van der Waals surface area (Å²) in [4.78, 5) is 26.3. The molecule has 3 atom stereocenters. The first kappa shape index (κ1) is 14.0. The van der Waals surface area contributed by atoms with Gasteiger partial charge >= 0.3 is 0 Å². The second kappa shape index (κ2) is 4.61. The number of fused-ring (bicyclic) bond motifs is 2. The van der Waals surface area contributed by atoms with Crippen LogP contribution in [0.15, 0.2) is 12.7 Å². The lowest BCUT2D eigenvalue weighted by atomic mass is 9.88. The molecular formula is C13H20N2O4. The molecule has 0 aliphatic carbocycles. The molecule has 0 spiro atoms. The molecule has 19 heavy (non-hydrogen) atoms. The van der Waals surface area contributed by atoms with Crippen molar-refractivity contribution in [2.24, 2.45) is 0 Å². The lowest BCUT2D eigenvalue weighted by Gasteiger charge is -2.34. The van der Waals surface area contributed by atoms with E-state index in [-0.39, 0.29) is 12.5 Å². The standard InChI is InChI=1S/C13H20N2O4/c1-5-7-14-10(16)13-9(18-6-2)8-12(3,19-13)15(4)11(13)17/h5,9H,1,6-8H2,2-4H3,(H,14,16)/t9-,12-,13-/m1/s1. The fourth-order valence-electron chi connectivity index (χ4n) is 2.76. The number of ether oxygens (including phenoxy) is 2. The second-order valence-corrected chi connectivity index (χ2v) is 5.02. The molecular weight excluding hydrogens is 248 g/mol. The average molecular weight is 268 g/mol. The van der Waals surface area contributed by atoms with Gasteiger partial charge in [-0.1, -0.05) is 6.08 Å². The van der Waals surface area contributed by atoms with Crippen molar-refractivity contribution in [3.63, 3.8) is 0 Å². The van der Waals surface area contributed by atoms with Crippen LogP contribution in [0.5, 0.6) is 0 Å². The van der Waals surface area contributed by atoms with Crippen molar-refractivity contribution in [1.29, 1.82) is 0 Å². The Balaban J connectivity index is 2.34. The first-order valence-corrected chi connectivity index (χ1v) is 6.41. The van der Waals surface area contributed by atoms with Gasteiger partial charge in [-0.25, -0.2) is 0 Å². The molecule has 2 amide bonds. The number of nitrogens with zero attached hydrogens (tertiary/aromatic N) is 1. The van der Waals surface area contributed by atoms with E-state index < -0.39 is 23.3 Å². The average Bonchev–Trinajstić information content (AvgIpc) is 2.78. The molecule has 6 heteroatoms. The topological polar surface area (TPSA) is 67.9 Å². The highest BCUT2D eigenvalue weighted by atomic mass is 16.6. The number of piperidine rings is 1. The predicted molar refractivity (Wildman–Crippen MR) is 68.2 cm³/mol. The Labute approximate surface area is 112 Å². The molecule has 2 rings (SSSR count). The molecule has 2 heterocycles. The summed E-state index contributed by atoms with van der Waals surface area (Å²) in [6.45, 7) is 7.88. The van der Waals surface area contributed by atoms with E-state index in [0.29, 0.717) is 13.0 Å². The molecule has 0 aromatic carbocycles. The molecule has 0 radical (unpaired) electrons. The Morgan fingerprint density at radius 1 is 1.74 bits per heavy atom. The van der Waals surface area contributed by atoms with E-state index in [1.165, 1.54) is 4.90 Å². The first-order chi connectivity index (χ1) is 8.92. The van der Waals surface area contributed by atoms with Gasteiger partial charge in [0.2, 0.25) is 0 Å². The zero-order valence-electron chi connectivity index (χ0n) is 11.6. The van der Waals surface area contributed by atoms with Gasteiger partial charge in [-0.15, -0.1) is 6.58 Å². The molecule has 2 aliphatic heterocycles. The third-order valence-corrected chi connectivity index (χ3v) is 3.84. The molecule has 2 bridgehead atoms. The summed E-state index contributed by atoms with van der Waals surface area (Å²) in [5, 5.41) is 2.64. The molecule has 0 unspecified atom stereocenters. The Hall–Kier alpha value is -1.40. The second-order valence-electron chi connectivity index (χ2n) is 5.02. The Morgan fingerprint density at radius 2 is 2.42 bits per heavy atom. The third-order valence-electron chi connectivity index (χ3n) is 3.84. The number of carbonyl (C=O) groups excluding carboxylic acids is 2. The van der Waals surface area contributed by atoms with Gasteiger partial charge in [-0.2, -0.15) is 0 Å². The van der Waals surface area contributed by atoms with Crippen molar-refractivity contribution in [2.45, 2.75) is 37.7 Å². The quantitative estimate of drug-likeness (QED) is 0.565. The maximum Gasteiger partial charge on any atom is 0.269 e. The monoisotopic (exact) mass is 268 g/mol. The zero-order valence-corrected chi connectivity index (χ0v) is 11.6. The number of amides is 2. The normalized spacial score (nSPS) is 36.7. The number of likely N-dealkylation sites (N-methyl/N-ethyl adjacent to an activating group) is 1. The summed E-state index contributed by atoms with van der Waals surface area (Å²) in [5.74, 6) is -0.801. The summed E-state index contributed by atoms with van der Waals surface area (Å²) >= 11 is 0. The van der Waals surface area contributed by atoms with Crippen LogP contribution in [0, 0.1) is 0 Å². The van der Waals surface area contributed by atoms with E-state index in [0.717, 1.165) is 0 Å². The number of nitrogens with one attached hydrogen (secondary N) is 1. The highest BCUT2D eigenvalue weighted by molar-refractivity contribution is 6.11. The zero-order chi connectivity index (χ0) is 14.3. The van der Waals surface area contributed by atoms with Gasteiger partial charge in [0.05, 0.1) is 0 Å². The van der Waals surface area contributed by atoms with Gasteiger partial charge in [0.15, 0.2) is 0 Å². The summed E-state index contributed by atoms with van der Waals surface area (Å²) in [6, 6.07) is 0. The van der Waals surface area contributed by atoms with Gasteiger partial charge in [0, 0.05) is 26.6 Å². The molecule has 0 aromatic heterocycles. The predicted octanol–water partition coefficient (Wildman–Crippen LogP) is 0.0410. The highest BCUT2D eigenvalue weighted by Gasteiger charge is 2.72. The third kappa shape index (κ3) is 1.78. The van der Waals surface area contributed by atoms with Crippen LogP contribution in [-0.4, -0.2) is 54.3 Å². The minimum absolute atomic E-state index is 0.288. The number of carbonyl (C=O) groups is 2. The molecule has 6 nitrogen and oxygen atoms in total. The van der Waals surface area contributed by atoms with Crippen LogP contribution in [-0.2, 0) is 19.1 Å². The summed E-state index contributed by atoms with van der Waals surface area (Å²) in [7, 11) is 1.65. The van der Waals surface area contributed by atoms with Crippen molar-refractivity contribution >= 4 is 11.8 Å². The van der Waals surface area contributed by atoms with Crippen LogP contribution in [0.25, 0.3) is 0 Å². The van der Waals surface area contributed by atoms with Crippen LogP contribution in [0.2, 0.25) is 0 Å². The summed E-state index contributed by atoms with van der Waals surface area (Å²) in [6.07, 6.45) is 1.50. The van der Waals surface area contributed by atoms with Crippen molar-refractivity contribution in [1.82, 2.24) is 10.2 Å². The van der Waals surface area contributed by atoms with Crippen molar-refractivity contribution in [3.8, 4) is 0 Å².